The zero-order valence-electron chi connectivity index (χ0n) is 10.8. The zero-order valence-corrected chi connectivity index (χ0v) is 11.6. The Hall–Kier alpha value is -2.05. The molecule has 1 N–H and O–H groups in total. The maximum Gasteiger partial charge on any atom is 0.275 e. The number of aromatic nitrogens is 2. The van der Waals surface area contributed by atoms with Gasteiger partial charge in [0.15, 0.2) is 0 Å². The summed E-state index contributed by atoms with van der Waals surface area (Å²) >= 11 is 5.77. The fourth-order valence-corrected chi connectivity index (χ4v) is 1.95. The predicted octanol–water partition coefficient (Wildman–Crippen LogP) is 2.64. The Balaban J connectivity index is 2.02. The molecule has 0 saturated heterocycles. The SMILES string of the molecule is Cc1nccc(CNCc2ccc(Cl)cc2[N+](=O)[O-])n1. The molecular formula is C13H13ClN4O2. The van der Waals surface area contributed by atoms with Crippen LogP contribution in [0.25, 0.3) is 0 Å². The summed E-state index contributed by atoms with van der Waals surface area (Å²) in [6, 6.07) is 6.45. The van der Waals surface area contributed by atoms with E-state index in [9.17, 15) is 10.1 Å². The summed E-state index contributed by atoms with van der Waals surface area (Å²) in [6.07, 6.45) is 1.68. The molecule has 104 valence electrons. The molecule has 0 unspecified atom stereocenters. The first-order valence-electron chi connectivity index (χ1n) is 5.98. The van der Waals surface area contributed by atoms with Crippen molar-refractivity contribution in [1.29, 1.82) is 0 Å². The molecular weight excluding hydrogens is 280 g/mol. The third-order valence-corrected chi connectivity index (χ3v) is 2.93. The molecule has 0 amide bonds. The van der Waals surface area contributed by atoms with Gasteiger partial charge in [0, 0.05) is 35.9 Å². The lowest BCUT2D eigenvalue weighted by Gasteiger charge is -2.06. The molecule has 1 aromatic heterocycles. The molecule has 0 saturated carbocycles. The number of hydrogen-bond acceptors (Lipinski definition) is 5. The van der Waals surface area contributed by atoms with Gasteiger partial charge in [0.2, 0.25) is 0 Å². The molecule has 6 nitrogen and oxygen atoms in total. The second-order valence-corrected chi connectivity index (χ2v) is 4.67. The number of rotatable bonds is 5. The number of nitro groups is 1. The zero-order chi connectivity index (χ0) is 14.5. The van der Waals surface area contributed by atoms with Crippen molar-refractivity contribution in [3.8, 4) is 0 Å². The van der Waals surface area contributed by atoms with Crippen LogP contribution in [0.1, 0.15) is 17.1 Å². The first-order valence-corrected chi connectivity index (χ1v) is 6.36. The number of benzene rings is 1. The van der Waals surface area contributed by atoms with Gasteiger partial charge in [-0.2, -0.15) is 0 Å². The molecule has 0 spiro atoms. The minimum absolute atomic E-state index is 0.0175. The van der Waals surface area contributed by atoms with E-state index in [4.69, 9.17) is 11.6 Å². The molecule has 0 bridgehead atoms. The summed E-state index contributed by atoms with van der Waals surface area (Å²) in [5.74, 6) is 0.696. The minimum Gasteiger partial charge on any atom is -0.307 e. The van der Waals surface area contributed by atoms with E-state index >= 15 is 0 Å². The highest BCUT2D eigenvalue weighted by Gasteiger charge is 2.13. The van der Waals surface area contributed by atoms with Crippen LogP contribution >= 0.6 is 11.6 Å². The highest BCUT2D eigenvalue weighted by Crippen LogP contribution is 2.23. The fraction of sp³-hybridized carbons (Fsp3) is 0.231. The lowest BCUT2D eigenvalue weighted by atomic mass is 10.2. The van der Waals surface area contributed by atoms with Crippen LogP contribution < -0.4 is 5.32 Å². The predicted molar refractivity (Wildman–Crippen MR) is 75.4 cm³/mol. The Labute approximate surface area is 121 Å². The smallest absolute Gasteiger partial charge is 0.275 e. The molecule has 20 heavy (non-hydrogen) atoms. The van der Waals surface area contributed by atoms with Gasteiger partial charge < -0.3 is 5.32 Å². The van der Waals surface area contributed by atoms with Crippen molar-refractivity contribution in [3.05, 3.63) is 62.7 Å². The minimum atomic E-state index is -0.433. The maximum atomic E-state index is 11.0. The van der Waals surface area contributed by atoms with Gasteiger partial charge in [0.25, 0.3) is 5.69 Å². The number of aryl methyl sites for hydroxylation is 1. The fourth-order valence-electron chi connectivity index (χ4n) is 1.79. The van der Waals surface area contributed by atoms with Crippen LogP contribution in [0.2, 0.25) is 5.02 Å². The van der Waals surface area contributed by atoms with Crippen molar-refractivity contribution in [2.24, 2.45) is 0 Å². The topological polar surface area (TPSA) is 81.0 Å². The van der Waals surface area contributed by atoms with E-state index in [2.05, 4.69) is 15.3 Å². The summed E-state index contributed by atoms with van der Waals surface area (Å²) in [4.78, 5) is 18.8. The van der Waals surface area contributed by atoms with Crippen LogP contribution in [0.3, 0.4) is 0 Å². The Kier molecular flexibility index (Phi) is 4.60. The Morgan fingerprint density at radius 3 is 2.85 bits per heavy atom. The number of nitro benzene ring substituents is 1. The molecule has 0 radical (unpaired) electrons. The van der Waals surface area contributed by atoms with Gasteiger partial charge in [-0.25, -0.2) is 9.97 Å². The van der Waals surface area contributed by atoms with Crippen LogP contribution in [-0.4, -0.2) is 14.9 Å². The Bertz CT molecular complexity index is 634. The van der Waals surface area contributed by atoms with Crippen molar-refractivity contribution < 1.29 is 4.92 Å². The van der Waals surface area contributed by atoms with Gasteiger partial charge in [-0.15, -0.1) is 0 Å². The molecule has 1 aromatic carbocycles. The van der Waals surface area contributed by atoms with Crippen molar-refractivity contribution in [2.75, 3.05) is 0 Å². The van der Waals surface area contributed by atoms with Crippen LogP contribution in [0.5, 0.6) is 0 Å². The lowest BCUT2D eigenvalue weighted by Crippen LogP contribution is -2.15. The van der Waals surface area contributed by atoms with Gasteiger partial charge >= 0.3 is 0 Å². The molecule has 0 atom stereocenters. The van der Waals surface area contributed by atoms with Crippen molar-refractivity contribution >= 4 is 17.3 Å². The van der Waals surface area contributed by atoms with Gasteiger partial charge in [-0.05, 0) is 25.1 Å². The van der Waals surface area contributed by atoms with Crippen molar-refractivity contribution in [1.82, 2.24) is 15.3 Å². The molecule has 2 aromatic rings. The van der Waals surface area contributed by atoms with Gasteiger partial charge in [-0.1, -0.05) is 11.6 Å². The van der Waals surface area contributed by atoms with Gasteiger partial charge in [-0.3, -0.25) is 10.1 Å². The largest absolute Gasteiger partial charge is 0.307 e. The molecule has 2 rings (SSSR count). The molecule has 0 aliphatic rings. The standard InChI is InChI=1S/C13H13ClN4O2/c1-9-16-5-4-12(17-9)8-15-7-10-2-3-11(14)6-13(10)18(19)20/h2-6,15H,7-8H2,1H3. The summed E-state index contributed by atoms with van der Waals surface area (Å²) in [6.45, 7) is 2.70. The molecule has 7 heteroatoms. The van der Waals surface area contributed by atoms with E-state index in [0.29, 0.717) is 29.5 Å². The van der Waals surface area contributed by atoms with Gasteiger partial charge in [0.05, 0.1) is 10.6 Å². The highest BCUT2D eigenvalue weighted by molar-refractivity contribution is 6.30. The maximum absolute atomic E-state index is 11.0. The van der Waals surface area contributed by atoms with E-state index in [1.807, 2.05) is 6.92 Å². The number of hydrogen-bond donors (Lipinski definition) is 1. The van der Waals surface area contributed by atoms with Crippen molar-refractivity contribution in [3.63, 3.8) is 0 Å². The number of nitrogens with zero attached hydrogens (tertiary/aromatic N) is 3. The lowest BCUT2D eigenvalue weighted by molar-refractivity contribution is -0.385. The van der Waals surface area contributed by atoms with E-state index in [1.54, 1.807) is 24.4 Å². The quantitative estimate of drug-likeness (QED) is 0.677. The van der Waals surface area contributed by atoms with Crippen LogP contribution in [-0.2, 0) is 13.1 Å². The number of nitrogens with one attached hydrogen (secondary N) is 1. The third-order valence-electron chi connectivity index (χ3n) is 2.70. The van der Waals surface area contributed by atoms with Crippen LogP contribution in [0.15, 0.2) is 30.5 Å². The first kappa shape index (κ1) is 14.4. The highest BCUT2D eigenvalue weighted by atomic mass is 35.5. The average molecular weight is 293 g/mol. The summed E-state index contributed by atoms with van der Waals surface area (Å²) in [5.41, 5.74) is 1.45. The van der Waals surface area contributed by atoms with Crippen LogP contribution in [0.4, 0.5) is 5.69 Å². The molecule has 0 aliphatic heterocycles. The monoisotopic (exact) mass is 292 g/mol. The first-order chi connectivity index (χ1) is 9.56. The van der Waals surface area contributed by atoms with E-state index in [-0.39, 0.29) is 5.69 Å². The molecule has 1 heterocycles. The van der Waals surface area contributed by atoms with E-state index in [1.165, 1.54) is 6.07 Å². The normalized spacial score (nSPS) is 10.5. The summed E-state index contributed by atoms with van der Waals surface area (Å²) in [7, 11) is 0. The number of halogens is 1. The third kappa shape index (κ3) is 3.72. The van der Waals surface area contributed by atoms with Crippen molar-refractivity contribution in [2.45, 2.75) is 20.0 Å². The summed E-state index contributed by atoms with van der Waals surface area (Å²) in [5, 5.41) is 14.4. The molecule has 0 fully saturated rings. The van der Waals surface area contributed by atoms with Gasteiger partial charge in [0.1, 0.15) is 5.82 Å². The summed E-state index contributed by atoms with van der Waals surface area (Å²) < 4.78 is 0. The molecule has 0 aliphatic carbocycles. The Morgan fingerprint density at radius 1 is 1.35 bits per heavy atom. The van der Waals surface area contributed by atoms with E-state index in [0.717, 1.165) is 5.69 Å². The second-order valence-electron chi connectivity index (χ2n) is 4.23. The van der Waals surface area contributed by atoms with E-state index < -0.39 is 4.92 Å². The average Bonchev–Trinajstić information content (AvgIpc) is 2.40. The van der Waals surface area contributed by atoms with Crippen LogP contribution in [0, 0.1) is 17.0 Å². The second kappa shape index (κ2) is 6.40. The Morgan fingerprint density at radius 2 is 2.15 bits per heavy atom.